The number of hydrogen-bond acceptors (Lipinski definition) is 9. The molecule has 3 aliphatic heterocycles. The molecule has 0 saturated carbocycles. The Morgan fingerprint density at radius 2 is 2.03 bits per heavy atom. The van der Waals surface area contributed by atoms with Crippen molar-refractivity contribution in [2.75, 3.05) is 25.5 Å². The molecule has 2 aromatic rings. The Hall–Kier alpha value is -3.60. The molecule has 1 aromatic heterocycles. The molecule has 3 aliphatic rings. The Morgan fingerprint density at radius 1 is 1.19 bits per heavy atom. The van der Waals surface area contributed by atoms with Crippen molar-refractivity contribution in [1.29, 1.82) is 0 Å². The zero-order valence-electron chi connectivity index (χ0n) is 17.6. The first-order chi connectivity index (χ1) is 15.5. The highest BCUT2D eigenvalue weighted by molar-refractivity contribution is 6.05. The van der Waals surface area contributed by atoms with Crippen LogP contribution in [-0.2, 0) is 22.7 Å². The van der Waals surface area contributed by atoms with Gasteiger partial charge in [-0.05, 0) is 23.6 Å². The molecule has 3 amide bonds. The van der Waals surface area contributed by atoms with Crippen molar-refractivity contribution in [3.63, 3.8) is 0 Å². The maximum Gasteiger partial charge on any atom is 0.321 e. The predicted octanol–water partition coefficient (Wildman–Crippen LogP) is -0.0599. The number of nitrogens with zero attached hydrogens (tertiary/aromatic N) is 4. The van der Waals surface area contributed by atoms with Crippen LogP contribution in [0.15, 0.2) is 18.2 Å². The number of imide groups is 1. The average molecular weight is 437 g/mol. The number of benzene rings is 1. The molecule has 32 heavy (non-hydrogen) atoms. The summed E-state index contributed by atoms with van der Waals surface area (Å²) in [5, 5.41) is 8.72. The molecule has 1 atom stereocenters. The van der Waals surface area contributed by atoms with Gasteiger partial charge in [0.1, 0.15) is 11.9 Å². The maximum absolute atomic E-state index is 12.8. The van der Waals surface area contributed by atoms with Gasteiger partial charge in [0.05, 0.1) is 7.11 Å². The minimum atomic E-state index is -0.619. The molecule has 4 heterocycles. The number of carbonyl (C=O) groups is 3. The fourth-order valence-electron chi connectivity index (χ4n) is 4.12. The number of piperidine rings is 1. The van der Waals surface area contributed by atoms with E-state index in [1.165, 1.54) is 7.11 Å². The molecule has 5 rings (SSSR count). The number of hydrogen-bond donors (Lipinski definition) is 3. The molecule has 1 unspecified atom stereocenters. The van der Waals surface area contributed by atoms with E-state index in [2.05, 4.69) is 30.9 Å². The Balaban J connectivity index is 1.29. The third-order valence-corrected chi connectivity index (χ3v) is 6.00. The van der Waals surface area contributed by atoms with E-state index in [0.29, 0.717) is 36.8 Å². The molecule has 1 aromatic carbocycles. The van der Waals surface area contributed by atoms with Gasteiger partial charge in [-0.15, -0.1) is 0 Å². The summed E-state index contributed by atoms with van der Waals surface area (Å²) in [6.45, 7) is 2.45. The molecule has 0 aliphatic carbocycles. The van der Waals surface area contributed by atoms with E-state index in [-0.39, 0.29) is 30.2 Å². The van der Waals surface area contributed by atoms with Crippen molar-refractivity contribution < 1.29 is 19.1 Å². The van der Waals surface area contributed by atoms with Crippen LogP contribution >= 0.6 is 0 Å². The lowest BCUT2D eigenvalue weighted by Gasteiger charge is -2.29. The summed E-state index contributed by atoms with van der Waals surface area (Å²) in [6, 6.07) is 5.24. The Labute approximate surface area is 184 Å². The lowest BCUT2D eigenvalue weighted by atomic mass is 10.0. The van der Waals surface area contributed by atoms with Crippen LogP contribution in [0.25, 0.3) is 0 Å². The fraction of sp³-hybridized carbons (Fsp3) is 0.429. The van der Waals surface area contributed by atoms with Gasteiger partial charge in [0.25, 0.3) is 5.91 Å². The zero-order valence-corrected chi connectivity index (χ0v) is 17.6. The topological polar surface area (TPSA) is 138 Å². The largest absolute Gasteiger partial charge is 0.467 e. The fourth-order valence-corrected chi connectivity index (χ4v) is 4.12. The number of carbonyl (C=O) groups excluding carboxylic acids is 3. The van der Waals surface area contributed by atoms with Gasteiger partial charge in [-0.2, -0.15) is 15.0 Å². The highest BCUT2D eigenvalue weighted by atomic mass is 16.5. The normalized spacial score (nSPS) is 20.6. The van der Waals surface area contributed by atoms with Crippen molar-refractivity contribution in [2.24, 2.45) is 0 Å². The number of amides is 3. The molecule has 0 bridgehead atoms. The highest BCUT2D eigenvalue weighted by Gasteiger charge is 2.39. The minimum absolute atomic E-state index is 0.185. The number of nitrogens with one attached hydrogen (secondary N) is 3. The molecule has 2 saturated heterocycles. The average Bonchev–Trinajstić information content (AvgIpc) is 3.06. The van der Waals surface area contributed by atoms with Crippen LogP contribution in [0.4, 0.5) is 5.95 Å². The quantitative estimate of drug-likeness (QED) is 0.531. The summed E-state index contributed by atoms with van der Waals surface area (Å²) in [4.78, 5) is 51.1. The molecule has 0 spiro atoms. The smallest absolute Gasteiger partial charge is 0.321 e. The standard InChI is InChI=1S/C21H23N7O4/c1-32-21-26-17(13-8-22-9-13)25-20(27-21)23-7-11-2-3-14-12(6-11)10-28(19(14)31)15-4-5-16(29)24-18(15)30/h2-3,6,13,15,22H,4-5,7-10H2,1H3,(H,24,29,30)(H,23,25,26,27). The van der Waals surface area contributed by atoms with Gasteiger partial charge in [0, 0.05) is 44.1 Å². The van der Waals surface area contributed by atoms with Crippen LogP contribution < -0.4 is 20.7 Å². The van der Waals surface area contributed by atoms with Gasteiger partial charge in [-0.3, -0.25) is 19.7 Å². The summed E-state index contributed by atoms with van der Waals surface area (Å²) in [7, 11) is 1.52. The Morgan fingerprint density at radius 3 is 2.75 bits per heavy atom. The third kappa shape index (κ3) is 3.75. The van der Waals surface area contributed by atoms with E-state index in [0.717, 1.165) is 24.2 Å². The van der Waals surface area contributed by atoms with Crippen molar-refractivity contribution in [3.8, 4) is 6.01 Å². The number of anilines is 1. The van der Waals surface area contributed by atoms with E-state index in [1.807, 2.05) is 12.1 Å². The molecule has 166 valence electrons. The monoisotopic (exact) mass is 437 g/mol. The first-order valence-corrected chi connectivity index (χ1v) is 10.5. The zero-order chi connectivity index (χ0) is 22.2. The van der Waals surface area contributed by atoms with Gasteiger partial charge in [-0.1, -0.05) is 12.1 Å². The van der Waals surface area contributed by atoms with Gasteiger partial charge >= 0.3 is 6.01 Å². The Bertz CT molecular complexity index is 1100. The van der Waals surface area contributed by atoms with E-state index in [4.69, 9.17) is 4.74 Å². The second-order valence-corrected chi connectivity index (χ2v) is 8.10. The lowest BCUT2D eigenvalue weighted by molar-refractivity contribution is -0.136. The van der Waals surface area contributed by atoms with Crippen molar-refractivity contribution in [2.45, 2.75) is 37.9 Å². The third-order valence-electron chi connectivity index (χ3n) is 6.00. The van der Waals surface area contributed by atoms with Crippen LogP contribution in [0.5, 0.6) is 6.01 Å². The summed E-state index contributed by atoms with van der Waals surface area (Å²) >= 11 is 0. The summed E-state index contributed by atoms with van der Waals surface area (Å²) in [6.07, 6.45) is 0.582. The summed E-state index contributed by atoms with van der Waals surface area (Å²) in [5.74, 6) is 0.478. The predicted molar refractivity (Wildman–Crippen MR) is 112 cm³/mol. The summed E-state index contributed by atoms with van der Waals surface area (Å²) in [5.41, 5.74) is 2.39. The summed E-state index contributed by atoms with van der Waals surface area (Å²) < 4.78 is 5.20. The SMILES string of the molecule is COc1nc(NCc2ccc3c(c2)CN(C2CCC(=O)NC2=O)C3=O)nc(C2CNC2)n1. The second kappa shape index (κ2) is 8.15. The molecule has 11 nitrogen and oxygen atoms in total. The van der Waals surface area contributed by atoms with Gasteiger partial charge < -0.3 is 20.3 Å². The molecular formula is C21H23N7O4. The second-order valence-electron chi connectivity index (χ2n) is 8.10. The van der Waals surface area contributed by atoms with Crippen LogP contribution in [0.2, 0.25) is 0 Å². The van der Waals surface area contributed by atoms with E-state index in [1.54, 1.807) is 11.0 Å². The van der Waals surface area contributed by atoms with Crippen LogP contribution in [0.3, 0.4) is 0 Å². The molecule has 0 radical (unpaired) electrons. The van der Waals surface area contributed by atoms with E-state index >= 15 is 0 Å². The number of aromatic nitrogens is 3. The lowest BCUT2D eigenvalue weighted by Crippen LogP contribution is -2.52. The van der Waals surface area contributed by atoms with Crippen molar-refractivity contribution in [1.82, 2.24) is 30.5 Å². The minimum Gasteiger partial charge on any atom is -0.467 e. The number of methoxy groups -OCH3 is 1. The molecular weight excluding hydrogens is 414 g/mol. The first-order valence-electron chi connectivity index (χ1n) is 10.5. The number of ether oxygens (including phenoxy) is 1. The van der Waals surface area contributed by atoms with Gasteiger partial charge in [0.15, 0.2) is 0 Å². The van der Waals surface area contributed by atoms with Crippen LogP contribution in [0.1, 0.15) is 46.1 Å². The molecule has 3 N–H and O–H groups in total. The Kier molecular flexibility index (Phi) is 5.17. The molecule has 2 fully saturated rings. The van der Waals surface area contributed by atoms with Crippen molar-refractivity contribution in [3.05, 3.63) is 40.7 Å². The van der Waals surface area contributed by atoms with E-state index < -0.39 is 11.9 Å². The first kappa shape index (κ1) is 20.3. The maximum atomic E-state index is 12.8. The molecule has 11 heteroatoms. The van der Waals surface area contributed by atoms with E-state index in [9.17, 15) is 14.4 Å². The highest BCUT2D eigenvalue weighted by Crippen LogP contribution is 2.28. The number of fused-ring (bicyclic) bond motifs is 1. The van der Waals surface area contributed by atoms with Crippen molar-refractivity contribution >= 4 is 23.7 Å². The van der Waals surface area contributed by atoms with Crippen LogP contribution in [0, 0.1) is 0 Å². The van der Waals surface area contributed by atoms with Gasteiger partial charge in [0.2, 0.25) is 17.8 Å². The number of rotatable bonds is 6. The van der Waals surface area contributed by atoms with Crippen LogP contribution in [-0.4, -0.2) is 63.8 Å². The van der Waals surface area contributed by atoms with Gasteiger partial charge in [-0.25, -0.2) is 0 Å².